The fraction of sp³-hybridized carbons (Fsp3) is 0.261. The minimum atomic E-state index is -0.519. The number of imide groups is 1. The number of ether oxygens (including phenoxy) is 1. The maximum atomic E-state index is 12.8. The Morgan fingerprint density at radius 1 is 0.971 bits per heavy atom. The molecule has 2 saturated heterocycles. The lowest BCUT2D eigenvalue weighted by atomic mass is 10.2. The van der Waals surface area contributed by atoms with Crippen LogP contribution < -0.4 is 4.74 Å². The molecule has 2 fully saturated rings. The average Bonchev–Trinajstić information content (AvgIpc) is 3.41. The van der Waals surface area contributed by atoms with Gasteiger partial charge >= 0.3 is 0 Å². The Kier molecular flexibility index (Phi) is 8.00. The molecule has 0 bridgehead atoms. The van der Waals surface area contributed by atoms with Gasteiger partial charge in [-0.05, 0) is 66.1 Å². The lowest BCUT2D eigenvalue weighted by Crippen LogP contribution is -2.40. The highest BCUT2D eigenvalue weighted by Crippen LogP contribution is 2.38. The molecule has 0 aliphatic carbocycles. The van der Waals surface area contributed by atoms with E-state index in [0.29, 0.717) is 28.7 Å². The van der Waals surface area contributed by atoms with Crippen LogP contribution in [0.15, 0.2) is 35.2 Å². The molecule has 0 aromatic heterocycles. The first-order valence-corrected chi connectivity index (χ1v) is 12.6. The number of hydrogen-bond donors (Lipinski definition) is 0. The third kappa shape index (κ3) is 5.66. The number of halogens is 4. The smallest absolute Gasteiger partial charge is 0.294 e. The number of benzene rings is 2. The first kappa shape index (κ1) is 25.2. The molecule has 4 rings (SSSR count). The van der Waals surface area contributed by atoms with E-state index in [4.69, 9.17) is 51.1 Å². The van der Waals surface area contributed by atoms with E-state index in [1.54, 1.807) is 35.2 Å². The third-order valence-corrected chi connectivity index (χ3v) is 7.52. The highest BCUT2D eigenvalue weighted by atomic mass is 35.5. The molecule has 3 amide bonds. The zero-order chi connectivity index (χ0) is 24.4. The van der Waals surface area contributed by atoms with Gasteiger partial charge in [0.1, 0.15) is 13.2 Å². The van der Waals surface area contributed by atoms with Crippen LogP contribution >= 0.6 is 58.2 Å². The molecule has 0 atom stereocenters. The first-order valence-electron chi connectivity index (χ1n) is 10.3. The van der Waals surface area contributed by atoms with Gasteiger partial charge in [0.05, 0.1) is 25.0 Å². The standard InChI is InChI=1S/C23H18Cl4N2O4S/c24-15-4-3-13(7-16(15)25)12-33-21-17(26)8-14(9-18(21)27)10-19-22(31)29(23(32)34-19)11-20(30)28-5-1-2-6-28/h3-4,7-10H,1-2,5-6,11-12H2/b19-10-. The number of carbonyl (C=O) groups is 3. The van der Waals surface area contributed by atoms with E-state index in [9.17, 15) is 14.4 Å². The van der Waals surface area contributed by atoms with Crippen molar-refractivity contribution in [2.75, 3.05) is 19.6 Å². The van der Waals surface area contributed by atoms with Gasteiger partial charge in [-0.2, -0.15) is 0 Å². The number of nitrogens with zero attached hydrogens (tertiary/aromatic N) is 2. The Morgan fingerprint density at radius 2 is 1.65 bits per heavy atom. The predicted octanol–water partition coefficient (Wildman–Crippen LogP) is 6.54. The largest absolute Gasteiger partial charge is 0.486 e. The van der Waals surface area contributed by atoms with Crippen molar-refractivity contribution >= 4 is 81.3 Å². The van der Waals surface area contributed by atoms with E-state index in [0.717, 1.165) is 35.1 Å². The summed E-state index contributed by atoms with van der Waals surface area (Å²) in [5, 5.41) is 0.842. The molecule has 2 aliphatic heterocycles. The molecule has 2 aromatic rings. The molecule has 2 aliphatic rings. The molecule has 0 unspecified atom stereocenters. The van der Waals surface area contributed by atoms with Crippen LogP contribution in [0.25, 0.3) is 6.08 Å². The summed E-state index contributed by atoms with van der Waals surface area (Å²) in [4.78, 5) is 40.3. The SMILES string of the molecule is O=C(CN1C(=O)S/C(=C\c2cc(Cl)c(OCc3ccc(Cl)c(Cl)c3)c(Cl)c2)C1=O)N1CCCC1. The van der Waals surface area contributed by atoms with Crippen molar-refractivity contribution in [2.45, 2.75) is 19.4 Å². The van der Waals surface area contributed by atoms with Gasteiger partial charge in [0.15, 0.2) is 5.75 Å². The summed E-state index contributed by atoms with van der Waals surface area (Å²) in [5.41, 5.74) is 1.30. The fourth-order valence-corrected chi connectivity index (χ4v) is 5.35. The highest BCUT2D eigenvalue weighted by Gasteiger charge is 2.37. The minimum Gasteiger partial charge on any atom is -0.486 e. The Bertz CT molecular complexity index is 1170. The average molecular weight is 560 g/mol. The quantitative estimate of drug-likeness (QED) is 0.376. The third-order valence-electron chi connectivity index (χ3n) is 5.31. The summed E-state index contributed by atoms with van der Waals surface area (Å²) in [6, 6.07) is 8.29. The van der Waals surface area contributed by atoms with Crippen molar-refractivity contribution in [3.63, 3.8) is 0 Å². The van der Waals surface area contributed by atoms with Crippen molar-refractivity contribution in [1.29, 1.82) is 0 Å². The van der Waals surface area contributed by atoms with Crippen LogP contribution in [-0.2, 0) is 16.2 Å². The van der Waals surface area contributed by atoms with Gasteiger partial charge < -0.3 is 9.64 Å². The summed E-state index contributed by atoms with van der Waals surface area (Å²) in [6.45, 7) is 1.22. The van der Waals surface area contributed by atoms with Crippen LogP contribution in [0.5, 0.6) is 5.75 Å². The number of likely N-dealkylation sites (tertiary alicyclic amines) is 1. The van der Waals surface area contributed by atoms with Crippen molar-refractivity contribution in [3.05, 3.63) is 66.5 Å². The second-order valence-electron chi connectivity index (χ2n) is 7.71. The van der Waals surface area contributed by atoms with Crippen LogP contribution in [0.3, 0.4) is 0 Å². The van der Waals surface area contributed by atoms with Crippen molar-refractivity contribution in [3.8, 4) is 5.75 Å². The lowest BCUT2D eigenvalue weighted by molar-refractivity contribution is -0.135. The molecule has 11 heteroatoms. The molecule has 2 aromatic carbocycles. The Labute approximate surface area is 220 Å². The van der Waals surface area contributed by atoms with Gasteiger partial charge in [-0.25, -0.2) is 0 Å². The van der Waals surface area contributed by atoms with Gasteiger partial charge in [0, 0.05) is 13.1 Å². The van der Waals surface area contributed by atoms with Crippen LogP contribution in [0.1, 0.15) is 24.0 Å². The van der Waals surface area contributed by atoms with Gasteiger partial charge in [-0.15, -0.1) is 0 Å². The van der Waals surface area contributed by atoms with Crippen LogP contribution in [0.2, 0.25) is 20.1 Å². The molecule has 0 radical (unpaired) electrons. The van der Waals surface area contributed by atoms with E-state index in [1.807, 2.05) is 0 Å². The van der Waals surface area contributed by atoms with Crippen molar-refractivity contribution in [2.24, 2.45) is 0 Å². The second kappa shape index (κ2) is 10.8. The number of hydrogen-bond acceptors (Lipinski definition) is 5. The molecule has 0 saturated carbocycles. The minimum absolute atomic E-state index is 0.166. The van der Waals surface area contributed by atoms with E-state index in [2.05, 4.69) is 0 Å². The number of thioether (sulfide) groups is 1. The van der Waals surface area contributed by atoms with Crippen LogP contribution in [0.4, 0.5) is 4.79 Å². The molecule has 6 nitrogen and oxygen atoms in total. The van der Waals surface area contributed by atoms with E-state index in [-0.39, 0.29) is 39.8 Å². The predicted molar refractivity (Wildman–Crippen MR) is 136 cm³/mol. The summed E-state index contributed by atoms with van der Waals surface area (Å²) in [6.07, 6.45) is 3.39. The molecule has 34 heavy (non-hydrogen) atoms. The first-order chi connectivity index (χ1) is 16.2. The maximum Gasteiger partial charge on any atom is 0.294 e. The van der Waals surface area contributed by atoms with E-state index in [1.165, 1.54) is 6.08 Å². The Hall–Kier alpha value is -1.90. The topological polar surface area (TPSA) is 66.9 Å². The maximum absolute atomic E-state index is 12.8. The zero-order valence-electron chi connectivity index (χ0n) is 17.7. The summed E-state index contributed by atoms with van der Waals surface area (Å²) in [7, 11) is 0. The normalized spacial score (nSPS) is 17.2. The van der Waals surface area contributed by atoms with E-state index >= 15 is 0 Å². The molecule has 2 heterocycles. The summed E-state index contributed by atoms with van der Waals surface area (Å²) in [5.74, 6) is -0.471. The summed E-state index contributed by atoms with van der Waals surface area (Å²) < 4.78 is 5.76. The lowest BCUT2D eigenvalue weighted by Gasteiger charge is -2.18. The number of rotatable bonds is 6. The second-order valence-corrected chi connectivity index (χ2v) is 10.3. The Morgan fingerprint density at radius 3 is 2.29 bits per heavy atom. The number of amides is 3. The van der Waals surface area contributed by atoms with Gasteiger partial charge in [0.2, 0.25) is 5.91 Å². The zero-order valence-corrected chi connectivity index (χ0v) is 21.5. The van der Waals surface area contributed by atoms with Crippen LogP contribution in [0, 0.1) is 0 Å². The monoisotopic (exact) mass is 558 g/mol. The summed E-state index contributed by atoms with van der Waals surface area (Å²) >= 11 is 25.5. The molecular weight excluding hydrogens is 542 g/mol. The van der Waals surface area contributed by atoms with Crippen molar-refractivity contribution in [1.82, 2.24) is 9.80 Å². The van der Waals surface area contributed by atoms with Gasteiger partial charge in [-0.3, -0.25) is 19.3 Å². The molecule has 178 valence electrons. The van der Waals surface area contributed by atoms with Gasteiger partial charge in [-0.1, -0.05) is 52.5 Å². The highest BCUT2D eigenvalue weighted by molar-refractivity contribution is 8.18. The van der Waals surface area contributed by atoms with E-state index < -0.39 is 11.1 Å². The molecule has 0 N–H and O–H groups in total. The Balaban J connectivity index is 1.46. The molecule has 0 spiro atoms. The van der Waals surface area contributed by atoms with Crippen LogP contribution in [-0.4, -0.2) is 46.5 Å². The van der Waals surface area contributed by atoms with Crippen molar-refractivity contribution < 1.29 is 19.1 Å². The molecular formula is C23H18Cl4N2O4S. The number of carbonyl (C=O) groups excluding carboxylic acids is 3. The fourth-order valence-electron chi connectivity index (χ4n) is 3.58. The van der Waals surface area contributed by atoms with Gasteiger partial charge in [0.25, 0.3) is 11.1 Å².